The lowest BCUT2D eigenvalue weighted by Gasteiger charge is -2.21. The molecule has 0 saturated carbocycles. The molecule has 1 aliphatic rings. The van der Waals surface area contributed by atoms with Crippen LogP contribution in [0.4, 0.5) is 15.0 Å². The maximum Gasteiger partial charge on any atom is 0.320 e. The van der Waals surface area contributed by atoms with Crippen molar-refractivity contribution < 1.29 is 13.9 Å². The van der Waals surface area contributed by atoms with Gasteiger partial charge in [-0.2, -0.15) is 10.2 Å². The average Bonchev–Trinajstić information content (AvgIpc) is 3.61. The summed E-state index contributed by atoms with van der Waals surface area (Å²) in [5.74, 6) is 0.308. The van der Waals surface area contributed by atoms with Crippen LogP contribution in [0.5, 0.6) is 0 Å². The third-order valence-corrected chi connectivity index (χ3v) is 6.93. The van der Waals surface area contributed by atoms with E-state index in [1.165, 1.54) is 12.1 Å². The van der Waals surface area contributed by atoms with Crippen LogP contribution in [-0.4, -0.2) is 69.9 Å². The lowest BCUT2D eigenvalue weighted by Crippen LogP contribution is -2.42. The molecule has 2 atom stereocenters. The summed E-state index contributed by atoms with van der Waals surface area (Å²) in [6.07, 6.45) is 1.86. The molecule has 1 saturated heterocycles. The number of benzene rings is 2. The zero-order chi connectivity index (χ0) is 26.6. The van der Waals surface area contributed by atoms with Gasteiger partial charge in [0.15, 0.2) is 0 Å². The fraction of sp³-hybridized carbons (Fsp3) is 0.321. The van der Waals surface area contributed by atoms with E-state index in [4.69, 9.17) is 9.84 Å². The van der Waals surface area contributed by atoms with E-state index in [9.17, 15) is 9.18 Å². The number of rotatable bonds is 8. The molecule has 9 nitrogen and oxygen atoms in total. The van der Waals surface area contributed by atoms with Crippen molar-refractivity contribution >= 4 is 11.8 Å². The van der Waals surface area contributed by atoms with Gasteiger partial charge in [-0.3, -0.25) is 14.9 Å². The number of methoxy groups -OCH3 is 1. The first-order chi connectivity index (χ1) is 18.4. The number of halogens is 1. The van der Waals surface area contributed by atoms with E-state index < -0.39 is 0 Å². The molecule has 2 aromatic heterocycles. The van der Waals surface area contributed by atoms with Crippen molar-refractivity contribution in [2.24, 2.45) is 7.05 Å². The number of likely N-dealkylation sites (tertiary alicyclic amines) is 1. The lowest BCUT2D eigenvalue weighted by atomic mass is 9.94. The third kappa shape index (κ3) is 5.46. The lowest BCUT2D eigenvalue weighted by molar-refractivity contribution is 0.159. The zero-order valence-corrected chi connectivity index (χ0v) is 21.8. The Morgan fingerprint density at radius 3 is 2.53 bits per heavy atom. The number of hydrogen-bond acceptors (Lipinski definition) is 5. The van der Waals surface area contributed by atoms with Crippen LogP contribution in [-0.2, 0) is 11.8 Å². The first-order valence-corrected chi connectivity index (χ1v) is 12.6. The van der Waals surface area contributed by atoms with E-state index in [1.807, 2.05) is 56.6 Å². The quantitative estimate of drug-likeness (QED) is 0.369. The van der Waals surface area contributed by atoms with E-state index in [1.54, 1.807) is 28.6 Å². The van der Waals surface area contributed by atoms with Gasteiger partial charge < -0.3 is 10.1 Å². The number of hydrogen-bond donors (Lipinski definition) is 2. The van der Waals surface area contributed by atoms with Gasteiger partial charge in [0.2, 0.25) is 0 Å². The van der Waals surface area contributed by atoms with Crippen molar-refractivity contribution in [3.8, 4) is 17.1 Å². The SMILES string of the molecule is COCCN1C[C@@H](NC(=O)Nc2c(C)c(-c3ccn(C)n3)nn2-c2ccccc2)[C@H](c2ccc(F)cc2)C1. The summed E-state index contributed by atoms with van der Waals surface area (Å²) in [5.41, 5.74) is 4.04. The fourth-order valence-electron chi connectivity index (χ4n) is 4.98. The van der Waals surface area contributed by atoms with Crippen molar-refractivity contribution in [2.75, 3.05) is 38.7 Å². The van der Waals surface area contributed by atoms with Gasteiger partial charge in [0.05, 0.1) is 18.3 Å². The second-order valence-corrected chi connectivity index (χ2v) is 9.56. The third-order valence-electron chi connectivity index (χ3n) is 6.93. The molecule has 0 unspecified atom stereocenters. The van der Waals surface area contributed by atoms with Gasteiger partial charge in [-0.25, -0.2) is 13.9 Å². The molecule has 5 rings (SSSR count). The number of nitrogens with zero attached hydrogens (tertiary/aromatic N) is 5. The Morgan fingerprint density at radius 2 is 1.84 bits per heavy atom. The minimum Gasteiger partial charge on any atom is -0.383 e. The minimum atomic E-state index is -0.330. The maximum absolute atomic E-state index is 13.6. The molecular weight excluding hydrogens is 485 g/mol. The molecule has 0 bridgehead atoms. The summed E-state index contributed by atoms with van der Waals surface area (Å²) >= 11 is 0. The second-order valence-electron chi connectivity index (χ2n) is 9.56. The molecule has 3 heterocycles. The molecule has 1 fully saturated rings. The van der Waals surface area contributed by atoms with E-state index >= 15 is 0 Å². The van der Waals surface area contributed by atoms with Crippen LogP contribution in [0, 0.1) is 12.7 Å². The number of aromatic nitrogens is 4. The highest BCUT2D eigenvalue weighted by Crippen LogP contribution is 2.31. The first-order valence-electron chi connectivity index (χ1n) is 12.6. The minimum absolute atomic E-state index is 0.0161. The molecule has 0 spiro atoms. The largest absolute Gasteiger partial charge is 0.383 e. The van der Waals surface area contributed by atoms with Gasteiger partial charge in [-0.05, 0) is 42.8 Å². The number of nitrogens with one attached hydrogen (secondary N) is 2. The highest BCUT2D eigenvalue weighted by molar-refractivity contribution is 5.91. The van der Waals surface area contributed by atoms with E-state index in [0.29, 0.717) is 24.7 Å². The molecule has 1 aliphatic heterocycles. The van der Waals surface area contributed by atoms with Gasteiger partial charge in [-0.15, -0.1) is 0 Å². The summed E-state index contributed by atoms with van der Waals surface area (Å²) in [6, 6.07) is 17.6. The molecule has 0 radical (unpaired) electrons. The van der Waals surface area contributed by atoms with E-state index in [-0.39, 0.29) is 23.8 Å². The van der Waals surface area contributed by atoms with Crippen molar-refractivity contribution in [1.29, 1.82) is 0 Å². The highest BCUT2D eigenvalue weighted by atomic mass is 19.1. The van der Waals surface area contributed by atoms with Crippen LogP contribution < -0.4 is 10.6 Å². The Morgan fingerprint density at radius 1 is 1.08 bits per heavy atom. The monoisotopic (exact) mass is 517 g/mol. The molecule has 10 heteroatoms. The molecule has 4 aromatic rings. The molecule has 2 N–H and O–H groups in total. The number of carbonyl (C=O) groups excluding carboxylic acids is 1. The number of anilines is 1. The molecular formula is C28H32FN7O2. The number of amides is 2. The van der Waals surface area contributed by atoms with Crippen LogP contribution in [0.25, 0.3) is 17.1 Å². The Labute approximate surface area is 221 Å². The van der Waals surface area contributed by atoms with Gasteiger partial charge in [0.1, 0.15) is 23.0 Å². The highest BCUT2D eigenvalue weighted by Gasteiger charge is 2.35. The van der Waals surface area contributed by atoms with E-state index in [2.05, 4.69) is 20.6 Å². The van der Waals surface area contributed by atoms with Crippen molar-refractivity contribution in [3.63, 3.8) is 0 Å². The summed E-state index contributed by atoms with van der Waals surface area (Å²) in [4.78, 5) is 15.7. The maximum atomic E-state index is 13.6. The normalized spacial score (nSPS) is 17.6. The Hall–Kier alpha value is -4.02. The number of aryl methyl sites for hydroxylation is 1. The summed E-state index contributed by atoms with van der Waals surface area (Å²) in [7, 11) is 3.53. The Kier molecular flexibility index (Phi) is 7.52. The number of urea groups is 1. The van der Waals surface area contributed by atoms with Crippen LogP contribution in [0.2, 0.25) is 0 Å². The smallest absolute Gasteiger partial charge is 0.320 e. The Balaban J connectivity index is 1.41. The summed E-state index contributed by atoms with van der Waals surface area (Å²) < 4.78 is 22.3. The molecule has 2 aromatic carbocycles. The number of para-hydroxylation sites is 1. The van der Waals surface area contributed by atoms with Crippen LogP contribution in [0.15, 0.2) is 66.9 Å². The fourth-order valence-corrected chi connectivity index (χ4v) is 4.98. The van der Waals surface area contributed by atoms with Crippen LogP contribution in [0.3, 0.4) is 0 Å². The van der Waals surface area contributed by atoms with Gasteiger partial charge in [0.25, 0.3) is 0 Å². The van der Waals surface area contributed by atoms with Crippen molar-refractivity contribution in [2.45, 2.75) is 18.9 Å². The molecule has 0 aliphatic carbocycles. The molecule has 2 amide bonds. The molecule has 198 valence electrons. The van der Waals surface area contributed by atoms with Gasteiger partial charge in [0, 0.05) is 51.5 Å². The van der Waals surface area contributed by atoms with E-state index in [0.717, 1.165) is 35.6 Å². The predicted octanol–water partition coefficient (Wildman–Crippen LogP) is 3.96. The first kappa shape index (κ1) is 25.6. The number of ether oxygens (including phenoxy) is 1. The molecule has 38 heavy (non-hydrogen) atoms. The van der Waals surface area contributed by atoms with Gasteiger partial charge >= 0.3 is 6.03 Å². The number of carbonyl (C=O) groups is 1. The standard InChI is InChI=1S/C28H32FN7O2/c1-19-26(24-13-14-34(2)32-24)33-36(22-7-5-4-6-8-22)27(19)31-28(37)30-25-18-35(15-16-38-3)17-23(25)20-9-11-21(29)12-10-20/h4-14,23,25H,15-18H2,1-3H3,(H2,30,31,37)/t23-,25+/m0/s1. The van der Waals surface area contributed by atoms with Crippen LogP contribution in [0.1, 0.15) is 17.0 Å². The average molecular weight is 518 g/mol. The van der Waals surface area contributed by atoms with Gasteiger partial charge in [-0.1, -0.05) is 30.3 Å². The second kappa shape index (κ2) is 11.2. The Bertz CT molecular complexity index is 1380. The summed E-state index contributed by atoms with van der Waals surface area (Å²) in [5, 5.41) is 15.5. The summed E-state index contributed by atoms with van der Waals surface area (Å²) in [6.45, 7) is 4.68. The van der Waals surface area contributed by atoms with Crippen molar-refractivity contribution in [3.05, 3.63) is 83.8 Å². The predicted molar refractivity (Wildman–Crippen MR) is 144 cm³/mol. The zero-order valence-electron chi connectivity index (χ0n) is 21.8. The van der Waals surface area contributed by atoms with Crippen molar-refractivity contribution in [1.82, 2.24) is 29.8 Å². The topological polar surface area (TPSA) is 89.2 Å². The van der Waals surface area contributed by atoms with Crippen LogP contribution >= 0.6 is 0 Å².